The second kappa shape index (κ2) is 5.64. The van der Waals surface area contributed by atoms with Crippen LogP contribution in [0.2, 0.25) is 0 Å². The SMILES string of the molecule is COc1cc(NC2CCCc3cc(O)ccc32)ccc1F. The van der Waals surface area contributed by atoms with Crippen LogP contribution < -0.4 is 10.1 Å². The number of nitrogens with one attached hydrogen (secondary N) is 1. The Kier molecular flexibility index (Phi) is 3.69. The van der Waals surface area contributed by atoms with Gasteiger partial charge in [0.25, 0.3) is 0 Å². The summed E-state index contributed by atoms with van der Waals surface area (Å²) in [7, 11) is 1.46. The van der Waals surface area contributed by atoms with Gasteiger partial charge in [-0.15, -0.1) is 0 Å². The maximum atomic E-state index is 13.5. The highest BCUT2D eigenvalue weighted by Gasteiger charge is 2.20. The highest BCUT2D eigenvalue weighted by molar-refractivity contribution is 5.52. The van der Waals surface area contributed by atoms with Gasteiger partial charge in [0.2, 0.25) is 0 Å². The summed E-state index contributed by atoms with van der Waals surface area (Å²) in [6.07, 6.45) is 3.05. The van der Waals surface area contributed by atoms with Crippen LogP contribution in [0.15, 0.2) is 36.4 Å². The summed E-state index contributed by atoms with van der Waals surface area (Å²) in [6.45, 7) is 0. The molecule has 0 spiro atoms. The molecule has 0 saturated carbocycles. The van der Waals surface area contributed by atoms with Gasteiger partial charge in [0.1, 0.15) is 5.75 Å². The average molecular weight is 287 g/mol. The van der Waals surface area contributed by atoms with Crippen LogP contribution in [0.1, 0.15) is 30.0 Å². The van der Waals surface area contributed by atoms with Crippen LogP contribution in [0, 0.1) is 5.82 Å². The number of aryl methyl sites for hydroxylation is 1. The Morgan fingerprint density at radius 1 is 1.24 bits per heavy atom. The first-order chi connectivity index (χ1) is 10.2. The Hall–Kier alpha value is -2.23. The standard InChI is InChI=1S/C17H18FNO2/c1-21-17-10-12(5-8-15(17)18)19-16-4-2-3-11-9-13(20)6-7-14(11)16/h5-10,16,19-20H,2-4H2,1H3. The molecule has 2 aromatic carbocycles. The van der Waals surface area contributed by atoms with Crippen molar-refractivity contribution in [1.29, 1.82) is 0 Å². The summed E-state index contributed by atoms with van der Waals surface area (Å²) in [5, 5.41) is 13.0. The molecule has 110 valence electrons. The molecule has 0 aliphatic heterocycles. The van der Waals surface area contributed by atoms with E-state index in [9.17, 15) is 9.50 Å². The van der Waals surface area contributed by atoms with Crippen molar-refractivity contribution in [2.45, 2.75) is 25.3 Å². The molecular formula is C17H18FNO2. The average Bonchev–Trinajstić information content (AvgIpc) is 2.49. The minimum atomic E-state index is -0.364. The number of methoxy groups -OCH3 is 1. The van der Waals surface area contributed by atoms with Crippen molar-refractivity contribution in [1.82, 2.24) is 0 Å². The summed E-state index contributed by atoms with van der Waals surface area (Å²) in [5.41, 5.74) is 3.20. The summed E-state index contributed by atoms with van der Waals surface area (Å²) in [6, 6.07) is 10.5. The number of fused-ring (bicyclic) bond motifs is 1. The van der Waals surface area contributed by atoms with Crippen molar-refractivity contribution < 1.29 is 14.2 Å². The number of aromatic hydroxyl groups is 1. The van der Waals surface area contributed by atoms with Gasteiger partial charge in [0.05, 0.1) is 13.2 Å². The Balaban J connectivity index is 1.86. The van der Waals surface area contributed by atoms with Crippen LogP contribution in [-0.4, -0.2) is 12.2 Å². The van der Waals surface area contributed by atoms with E-state index in [1.165, 1.54) is 24.3 Å². The molecule has 0 fully saturated rings. The van der Waals surface area contributed by atoms with Crippen LogP contribution in [0.3, 0.4) is 0 Å². The van der Waals surface area contributed by atoms with Crippen LogP contribution in [0.4, 0.5) is 10.1 Å². The molecule has 1 unspecified atom stereocenters. The first kappa shape index (κ1) is 13.7. The lowest BCUT2D eigenvalue weighted by Crippen LogP contribution is -2.17. The van der Waals surface area contributed by atoms with Gasteiger partial charge < -0.3 is 15.2 Å². The van der Waals surface area contributed by atoms with Gasteiger partial charge >= 0.3 is 0 Å². The van der Waals surface area contributed by atoms with Crippen LogP contribution in [0.25, 0.3) is 0 Å². The largest absolute Gasteiger partial charge is 0.508 e. The van der Waals surface area contributed by atoms with E-state index >= 15 is 0 Å². The maximum Gasteiger partial charge on any atom is 0.165 e. The van der Waals surface area contributed by atoms with Crippen molar-refractivity contribution >= 4 is 5.69 Å². The van der Waals surface area contributed by atoms with Crippen molar-refractivity contribution in [3.8, 4) is 11.5 Å². The van der Waals surface area contributed by atoms with Gasteiger partial charge in [0.15, 0.2) is 11.6 Å². The molecule has 3 rings (SSSR count). The fourth-order valence-corrected chi connectivity index (χ4v) is 2.90. The molecule has 0 radical (unpaired) electrons. The smallest absolute Gasteiger partial charge is 0.165 e. The molecule has 1 atom stereocenters. The first-order valence-electron chi connectivity index (χ1n) is 7.09. The Bertz CT molecular complexity index is 657. The van der Waals surface area contributed by atoms with E-state index in [1.807, 2.05) is 12.1 Å². The lowest BCUT2D eigenvalue weighted by atomic mass is 9.87. The molecule has 0 amide bonds. The molecule has 1 aliphatic carbocycles. The number of rotatable bonds is 3. The lowest BCUT2D eigenvalue weighted by molar-refractivity contribution is 0.386. The predicted molar refractivity (Wildman–Crippen MR) is 80.4 cm³/mol. The van der Waals surface area contributed by atoms with Gasteiger partial charge in [-0.3, -0.25) is 0 Å². The number of ether oxygens (including phenoxy) is 1. The summed E-state index contributed by atoms with van der Waals surface area (Å²) < 4.78 is 18.5. The topological polar surface area (TPSA) is 41.5 Å². The number of benzene rings is 2. The zero-order valence-corrected chi connectivity index (χ0v) is 11.9. The van der Waals surface area contributed by atoms with E-state index in [2.05, 4.69) is 5.32 Å². The lowest BCUT2D eigenvalue weighted by Gasteiger charge is -2.27. The van der Waals surface area contributed by atoms with Crippen molar-refractivity contribution in [3.63, 3.8) is 0 Å². The van der Waals surface area contributed by atoms with Gasteiger partial charge in [-0.2, -0.15) is 0 Å². The van der Waals surface area contributed by atoms with Gasteiger partial charge in [-0.1, -0.05) is 6.07 Å². The third-order valence-electron chi connectivity index (χ3n) is 3.93. The van der Waals surface area contributed by atoms with Gasteiger partial charge in [-0.05, 0) is 54.7 Å². The zero-order valence-electron chi connectivity index (χ0n) is 11.9. The molecule has 0 aromatic heterocycles. The zero-order chi connectivity index (χ0) is 14.8. The Morgan fingerprint density at radius 2 is 2.10 bits per heavy atom. The number of phenolic OH excluding ortho intramolecular Hbond substituents is 1. The van der Waals surface area contributed by atoms with E-state index in [4.69, 9.17) is 4.74 Å². The predicted octanol–water partition coefficient (Wildman–Crippen LogP) is 4.03. The molecule has 0 bridgehead atoms. The molecule has 0 heterocycles. The molecule has 2 N–H and O–H groups in total. The van der Waals surface area contributed by atoms with Gasteiger partial charge in [0, 0.05) is 11.8 Å². The van der Waals surface area contributed by atoms with E-state index in [0.29, 0.717) is 5.75 Å². The highest BCUT2D eigenvalue weighted by atomic mass is 19.1. The van der Waals surface area contributed by atoms with Gasteiger partial charge in [-0.25, -0.2) is 4.39 Å². The van der Waals surface area contributed by atoms with E-state index in [1.54, 1.807) is 18.2 Å². The maximum absolute atomic E-state index is 13.5. The van der Waals surface area contributed by atoms with E-state index in [0.717, 1.165) is 24.9 Å². The van der Waals surface area contributed by atoms with E-state index < -0.39 is 0 Å². The third kappa shape index (κ3) is 2.79. The van der Waals surface area contributed by atoms with E-state index in [-0.39, 0.29) is 17.6 Å². The Labute approximate surface area is 123 Å². The van der Waals surface area contributed by atoms with Crippen molar-refractivity contribution in [3.05, 3.63) is 53.3 Å². The second-order valence-electron chi connectivity index (χ2n) is 5.32. The van der Waals surface area contributed by atoms with Crippen LogP contribution >= 0.6 is 0 Å². The Morgan fingerprint density at radius 3 is 2.90 bits per heavy atom. The second-order valence-corrected chi connectivity index (χ2v) is 5.32. The molecule has 4 heteroatoms. The summed E-state index contributed by atoms with van der Waals surface area (Å²) in [5.74, 6) is 0.177. The van der Waals surface area contributed by atoms with Crippen LogP contribution in [-0.2, 0) is 6.42 Å². The number of halogens is 1. The molecule has 3 nitrogen and oxygen atoms in total. The van der Waals surface area contributed by atoms with Crippen molar-refractivity contribution in [2.24, 2.45) is 0 Å². The number of hydrogen-bond donors (Lipinski definition) is 2. The summed E-state index contributed by atoms with van der Waals surface area (Å²) >= 11 is 0. The third-order valence-corrected chi connectivity index (χ3v) is 3.93. The molecule has 21 heavy (non-hydrogen) atoms. The first-order valence-corrected chi connectivity index (χ1v) is 7.09. The fourth-order valence-electron chi connectivity index (χ4n) is 2.90. The number of anilines is 1. The monoisotopic (exact) mass is 287 g/mol. The highest BCUT2D eigenvalue weighted by Crippen LogP contribution is 2.35. The number of hydrogen-bond acceptors (Lipinski definition) is 3. The quantitative estimate of drug-likeness (QED) is 0.895. The molecular weight excluding hydrogens is 269 g/mol. The molecule has 0 saturated heterocycles. The van der Waals surface area contributed by atoms with Crippen molar-refractivity contribution in [2.75, 3.05) is 12.4 Å². The summed E-state index contributed by atoms with van der Waals surface area (Å²) in [4.78, 5) is 0. The number of phenols is 1. The minimum Gasteiger partial charge on any atom is -0.508 e. The minimum absolute atomic E-state index is 0.171. The molecule has 1 aliphatic rings. The van der Waals surface area contributed by atoms with Crippen LogP contribution in [0.5, 0.6) is 11.5 Å². The fraction of sp³-hybridized carbons (Fsp3) is 0.294. The molecule has 2 aromatic rings. The normalized spacial score (nSPS) is 17.1.